The van der Waals surface area contributed by atoms with Crippen LogP contribution in [0.2, 0.25) is 0 Å². The Bertz CT molecular complexity index is 569. The van der Waals surface area contributed by atoms with Crippen molar-refractivity contribution in [3.8, 4) is 0 Å². The van der Waals surface area contributed by atoms with E-state index in [0.29, 0.717) is 10.1 Å². The molecule has 1 heterocycles. The molecule has 1 aliphatic rings. The fourth-order valence-corrected chi connectivity index (χ4v) is 4.15. The average Bonchev–Trinajstić information content (AvgIpc) is 2.47. The minimum Gasteiger partial charge on any atom is -0.219 e. The van der Waals surface area contributed by atoms with E-state index in [-0.39, 0.29) is 0 Å². The predicted molar refractivity (Wildman–Crippen MR) is 73.9 cm³/mol. The minimum absolute atomic E-state index is 0.461. The topological polar surface area (TPSA) is 34.1 Å². The van der Waals surface area contributed by atoms with E-state index in [0.717, 1.165) is 22.5 Å². The molecule has 4 heteroatoms. The Kier molecular flexibility index (Phi) is 3.36. The first kappa shape index (κ1) is 12.7. The Morgan fingerprint density at radius 3 is 2.65 bits per heavy atom. The Morgan fingerprint density at radius 1 is 1.29 bits per heavy atom. The van der Waals surface area contributed by atoms with Crippen LogP contribution in [0.1, 0.15) is 25.0 Å². The van der Waals surface area contributed by atoms with Crippen LogP contribution in [0.15, 0.2) is 28.5 Å². The number of benzene rings is 1. The Morgan fingerprint density at radius 2 is 2.00 bits per heavy atom. The molecule has 2 nitrogen and oxygen atoms in total. The molecular formula is C13H16O2S2. The fourth-order valence-electron chi connectivity index (χ4n) is 1.83. The molecule has 0 N–H and O–H groups in total. The normalized spacial score (nSPS) is 17.1. The van der Waals surface area contributed by atoms with E-state index >= 15 is 0 Å². The van der Waals surface area contributed by atoms with E-state index in [1.165, 1.54) is 5.41 Å². The zero-order chi connectivity index (χ0) is 12.6. The van der Waals surface area contributed by atoms with E-state index in [2.05, 4.69) is 13.8 Å². The van der Waals surface area contributed by atoms with E-state index in [9.17, 15) is 8.42 Å². The second-order valence-electron chi connectivity index (χ2n) is 4.55. The third-order valence-electron chi connectivity index (χ3n) is 2.66. The molecular weight excluding hydrogens is 252 g/mol. The van der Waals surface area contributed by atoms with E-state index in [4.69, 9.17) is 0 Å². The van der Waals surface area contributed by atoms with Crippen molar-refractivity contribution >= 4 is 27.2 Å². The van der Waals surface area contributed by atoms with Crippen LogP contribution in [0.5, 0.6) is 0 Å². The Hall–Kier alpha value is -0.740. The molecule has 0 amide bonds. The SMILES string of the molecule is Cc1ccc2c(c1)C(CSC(C)C)=CS2(=O)=O. The van der Waals surface area contributed by atoms with Crippen molar-refractivity contribution in [1.82, 2.24) is 0 Å². The van der Waals surface area contributed by atoms with Gasteiger partial charge in [-0.15, -0.1) is 0 Å². The van der Waals surface area contributed by atoms with Gasteiger partial charge in [-0.1, -0.05) is 31.5 Å². The van der Waals surface area contributed by atoms with Crippen molar-refractivity contribution in [2.45, 2.75) is 30.9 Å². The molecule has 1 aliphatic heterocycles. The zero-order valence-corrected chi connectivity index (χ0v) is 11.9. The molecule has 2 rings (SSSR count). The smallest absolute Gasteiger partial charge is 0.200 e. The molecule has 0 spiro atoms. The van der Waals surface area contributed by atoms with Gasteiger partial charge in [-0.3, -0.25) is 0 Å². The van der Waals surface area contributed by atoms with Crippen molar-refractivity contribution in [2.24, 2.45) is 0 Å². The zero-order valence-electron chi connectivity index (χ0n) is 10.2. The van der Waals surface area contributed by atoms with Gasteiger partial charge in [0.1, 0.15) is 0 Å². The summed E-state index contributed by atoms with van der Waals surface area (Å²) in [6.07, 6.45) is 0. The first-order valence-corrected chi connectivity index (χ1v) is 8.18. The molecule has 0 fully saturated rings. The first-order valence-electron chi connectivity index (χ1n) is 5.58. The fraction of sp³-hybridized carbons (Fsp3) is 0.385. The van der Waals surface area contributed by atoms with Crippen molar-refractivity contribution in [2.75, 3.05) is 5.75 Å². The van der Waals surface area contributed by atoms with Gasteiger partial charge in [-0.05, 0) is 29.4 Å². The second kappa shape index (κ2) is 4.50. The second-order valence-corrected chi connectivity index (χ2v) is 7.88. The summed E-state index contributed by atoms with van der Waals surface area (Å²) in [5.74, 6) is 0.757. The Labute approximate surface area is 107 Å². The van der Waals surface area contributed by atoms with Gasteiger partial charge in [-0.25, -0.2) is 8.42 Å². The molecule has 0 atom stereocenters. The van der Waals surface area contributed by atoms with Gasteiger partial charge in [0.25, 0.3) is 0 Å². The van der Waals surface area contributed by atoms with Gasteiger partial charge in [0, 0.05) is 11.2 Å². The highest BCUT2D eigenvalue weighted by atomic mass is 32.2. The molecule has 0 aromatic heterocycles. The molecule has 0 radical (unpaired) electrons. The summed E-state index contributed by atoms with van der Waals surface area (Å²) in [5.41, 5.74) is 2.92. The number of rotatable bonds is 3. The third-order valence-corrected chi connectivity index (χ3v) is 5.37. The standard InChI is InChI=1S/C13H16O2S2/c1-9(2)16-7-11-8-17(14,15)13-5-4-10(3)6-12(11)13/h4-6,8-9H,7H2,1-3H3. The lowest BCUT2D eigenvalue weighted by atomic mass is 10.1. The summed E-state index contributed by atoms with van der Waals surface area (Å²) in [4.78, 5) is 0.461. The molecule has 0 bridgehead atoms. The minimum atomic E-state index is -3.19. The molecule has 0 saturated heterocycles. The molecule has 1 aromatic carbocycles. The van der Waals surface area contributed by atoms with Crippen LogP contribution in [0, 0.1) is 6.92 Å². The predicted octanol–water partition coefficient (Wildman–Crippen LogP) is 3.26. The maximum Gasteiger partial charge on any atom is 0.200 e. The summed E-state index contributed by atoms with van der Waals surface area (Å²) in [6.45, 7) is 6.22. The average molecular weight is 268 g/mol. The molecule has 92 valence electrons. The molecule has 17 heavy (non-hydrogen) atoms. The highest BCUT2D eigenvalue weighted by Gasteiger charge is 2.26. The summed E-state index contributed by atoms with van der Waals surface area (Å²) in [6, 6.07) is 5.53. The van der Waals surface area contributed by atoms with Gasteiger partial charge in [-0.2, -0.15) is 11.8 Å². The lowest BCUT2D eigenvalue weighted by Crippen LogP contribution is -1.94. The van der Waals surface area contributed by atoms with Crippen molar-refractivity contribution in [3.63, 3.8) is 0 Å². The maximum absolute atomic E-state index is 11.9. The highest BCUT2D eigenvalue weighted by Crippen LogP contribution is 2.36. The van der Waals surface area contributed by atoms with Gasteiger partial charge >= 0.3 is 0 Å². The van der Waals surface area contributed by atoms with E-state index < -0.39 is 9.84 Å². The lowest BCUT2D eigenvalue weighted by Gasteiger charge is -2.07. The van der Waals surface area contributed by atoms with Gasteiger partial charge < -0.3 is 0 Å². The number of hydrogen-bond donors (Lipinski definition) is 0. The highest BCUT2D eigenvalue weighted by molar-refractivity contribution is 8.00. The molecule has 0 aliphatic carbocycles. The van der Waals surface area contributed by atoms with Gasteiger partial charge in [0.15, 0.2) is 0 Å². The largest absolute Gasteiger partial charge is 0.219 e. The quantitative estimate of drug-likeness (QED) is 0.844. The van der Waals surface area contributed by atoms with Gasteiger partial charge in [0.2, 0.25) is 9.84 Å². The number of hydrogen-bond acceptors (Lipinski definition) is 3. The lowest BCUT2D eigenvalue weighted by molar-refractivity contribution is 0.605. The summed E-state index contributed by atoms with van der Waals surface area (Å²) >= 11 is 1.77. The molecule has 0 unspecified atom stereocenters. The number of aryl methyl sites for hydroxylation is 1. The number of thioether (sulfide) groups is 1. The molecule has 0 saturated carbocycles. The Balaban J connectivity index is 2.41. The van der Waals surface area contributed by atoms with Crippen LogP contribution in [0.4, 0.5) is 0 Å². The van der Waals surface area contributed by atoms with Crippen LogP contribution in [-0.4, -0.2) is 19.4 Å². The van der Waals surface area contributed by atoms with Crippen LogP contribution >= 0.6 is 11.8 Å². The van der Waals surface area contributed by atoms with Crippen molar-refractivity contribution in [3.05, 3.63) is 34.7 Å². The van der Waals surface area contributed by atoms with Crippen LogP contribution in [0.25, 0.3) is 5.57 Å². The summed E-state index contributed by atoms with van der Waals surface area (Å²) < 4.78 is 23.9. The van der Waals surface area contributed by atoms with E-state index in [1.54, 1.807) is 17.8 Å². The maximum atomic E-state index is 11.9. The molecule has 1 aromatic rings. The third kappa shape index (κ3) is 2.58. The van der Waals surface area contributed by atoms with Crippen LogP contribution < -0.4 is 0 Å². The summed E-state index contributed by atoms with van der Waals surface area (Å²) in [7, 11) is -3.19. The van der Waals surface area contributed by atoms with Crippen LogP contribution in [-0.2, 0) is 9.84 Å². The summed E-state index contributed by atoms with van der Waals surface area (Å²) in [5, 5.41) is 1.93. The van der Waals surface area contributed by atoms with Crippen LogP contribution in [0.3, 0.4) is 0 Å². The first-order chi connectivity index (χ1) is 7.90. The van der Waals surface area contributed by atoms with Crippen molar-refractivity contribution < 1.29 is 8.42 Å². The van der Waals surface area contributed by atoms with Gasteiger partial charge in [0.05, 0.1) is 4.90 Å². The monoisotopic (exact) mass is 268 g/mol. The number of fused-ring (bicyclic) bond motifs is 1. The van der Waals surface area contributed by atoms with Crippen molar-refractivity contribution in [1.29, 1.82) is 0 Å². The number of sulfone groups is 1. The van der Waals surface area contributed by atoms with E-state index in [1.807, 2.05) is 19.1 Å².